The maximum absolute atomic E-state index is 11.9. The van der Waals surface area contributed by atoms with Crippen molar-refractivity contribution in [3.63, 3.8) is 0 Å². The second-order valence-corrected chi connectivity index (χ2v) is 4.76. The van der Waals surface area contributed by atoms with Crippen molar-refractivity contribution in [1.29, 1.82) is 0 Å². The zero-order valence-electron chi connectivity index (χ0n) is 12.3. The third-order valence-electron chi connectivity index (χ3n) is 3.41. The fourth-order valence-corrected chi connectivity index (χ4v) is 2.32. The van der Waals surface area contributed by atoms with Crippen molar-refractivity contribution >= 4 is 11.6 Å². The molecule has 1 amide bonds. The third-order valence-corrected chi connectivity index (χ3v) is 3.41. The normalized spacial score (nSPS) is 11.7. The predicted octanol–water partition coefficient (Wildman–Crippen LogP) is 2.90. The van der Waals surface area contributed by atoms with Crippen molar-refractivity contribution in [3.8, 4) is 5.75 Å². The van der Waals surface area contributed by atoms with Gasteiger partial charge in [-0.05, 0) is 29.7 Å². The summed E-state index contributed by atoms with van der Waals surface area (Å²) in [4.78, 5) is 11.9. The van der Waals surface area contributed by atoms with E-state index >= 15 is 0 Å². The standard InChI is InChI=1S/C17H20N2O2/c1-3-12-7-4-5-10-15(12)16(17(18)20)19-13-8-6-9-14(11-13)21-2/h4-11,16,19H,3H2,1-2H3,(H2,18,20). The summed E-state index contributed by atoms with van der Waals surface area (Å²) < 4.78 is 5.19. The molecule has 0 aliphatic heterocycles. The van der Waals surface area contributed by atoms with Crippen molar-refractivity contribution in [2.45, 2.75) is 19.4 Å². The lowest BCUT2D eigenvalue weighted by atomic mass is 9.98. The van der Waals surface area contributed by atoms with Crippen LogP contribution in [0.15, 0.2) is 48.5 Å². The second kappa shape index (κ2) is 6.79. The molecule has 2 aromatic rings. The molecule has 2 rings (SSSR count). The lowest BCUT2D eigenvalue weighted by Gasteiger charge is -2.20. The van der Waals surface area contributed by atoms with E-state index in [4.69, 9.17) is 10.5 Å². The Labute approximate surface area is 124 Å². The largest absolute Gasteiger partial charge is 0.497 e. The van der Waals surface area contributed by atoms with Crippen LogP contribution in [0.4, 0.5) is 5.69 Å². The molecule has 21 heavy (non-hydrogen) atoms. The van der Waals surface area contributed by atoms with Gasteiger partial charge in [-0.2, -0.15) is 0 Å². The van der Waals surface area contributed by atoms with Crippen LogP contribution < -0.4 is 15.8 Å². The minimum atomic E-state index is -0.562. The average Bonchev–Trinajstić information content (AvgIpc) is 2.52. The van der Waals surface area contributed by atoms with Gasteiger partial charge in [0.2, 0.25) is 5.91 Å². The Hall–Kier alpha value is -2.49. The topological polar surface area (TPSA) is 64.3 Å². The van der Waals surface area contributed by atoms with Gasteiger partial charge in [-0.3, -0.25) is 4.79 Å². The predicted molar refractivity (Wildman–Crippen MR) is 84.4 cm³/mol. The molecule has 1 unspecified atom stereocenters. The van der Waals surface area contributed by atoms with Gasteiger partial charge < -0.3 is 15.8 Å². The van der Waals surface area contributed by atoms with Crippen LogP contribution in [0.5, 0.6) is 5.75 Å². The van der Waals surface area contributed by atoms with Gasteiger partial charge in [0.05, 0.1) is 7.11 Å². The molecule has 0 fully saturated rings. The number of hydrogen-bond acceptors (Lipinski definition) is 3. The van der Waals surface area contributed by atoms with Crippen LogP contribution in [-0.2, 0) is 11.2 Å². The molecule has 0 radical (unpaired) electrons. The first-order valence-corrected chi connectivity index (χ1v) is 6.93. The Morgan fingerprint density at radius 1 is 1.24 bits per heavy atom. The van der Waals surface area contributed by atoms with E-state index in [1.165, 1.54) is 0 Å². The quantitative estimate of drug-likeness (QED) is 0.857. The maximum Gasteiger partial charge on any atom is 0.244 e. The molecule has 0 aromatic heterocycles. The lowest BCUT2D eigenvalue weighted by Crippen LogP contribution is -2.28. The summed E-state index contributed by atoms with van der Waals surface area (Å²) >= 11 is 0. The number of hydrogen-bond donors (Lipinski definition) is 2. The summed E-state index contributed by atoms with van der Waals surface area (Å²) in [5, 5.41) is 3.19. The number of ether oxygens (including phenoxy) is 1. The zero-order chi connectivity index (χ0) is 15.2. The molecule has 2 aromatic carbocycles. The number of carbonyl (C=O) groups excluding carboxylic acids is 1. The number of methoxy groups -OCH3 is 1. The zero-order valence-corrected chi connectivity index (χ0v) is 12.3. The molecule has 110 valence electrons. The molecule has 0 bridgehead atoms. The second-order valence-electron chi connectivity index (χ2n) is 4.76. The van der Waals surface area contributed by atoms with E-state index in [0.29, 0.717) is 0 Å². The highest BCUT2D eigenvalue weighted by Gasteiger charge is 2.20. The van der Waals surface area contributed by atoms with Gasteiger partial charge in [0.25, 0.3) is 0 Å². The molecule has 0 saturated carbocycles. The van der Waals surface area contributed by atoms with Gasteiger partial charge in [-0.15, -0.1) is 0 Å². The lowest BCUT2D eigenvalue weighted by molar-refractivity contribution is -0.118. The van der Waals surface area contributed by atoms with Gasteiger partial charge in [-0.1, -0.05) is 37.3 Å². The summed E-state index contributed by atoms with van der Waals surface area (Å²) in [6.07, 6.45) is 0.847. The van der Waals surface area contributed by atoms with Gasteiger partial charge in [-0.25, -0.2) is 0 Å². The first-order valence-electron chi connectivity index (χ1n) is 6.93. The van der Waals surface area contributed by atoms with E-state index in [0.717, 1.165) is 29.0 Å². The number of nitrogens with two attached hydrogens (primary N) is 1. The summed E-state index contributed by atoms with van der Waals surface area (Å²) in [7, 11) is 1.61. The first-order chi connectivity index (χ1) is 10.2. The first kappa shape index (κ1) is 14.9. The highest BCUT2D eigenvalue weighted by Crippen LogP contribution is 2.25. The van der Waals surface area contributed by atoms with Crippen LogP contribution in [0.3, 0.4) is 0 Å². The number of amides is 1. The van der Waals surface area contributed by atoms with Crippen LogP contribution in [-0.4, -0.2) is 13.0 Å². The smallest absolute Gasteiger partial charge is 0.244 e. The molecule has 1 atom stereocenters. The van der Waals surface area contributed by atoms with E-state index in [2.05, 4.69) is 12.2 Å². The van der Waals surface area contributed by atoms with Crippen molar-refractivity contribution in [2.24, 2.45) is 5.73 Å². The van der Waals surface area contributed by atoms with Crippen molar-refractivity contribution in [2.75, 3.05) is 12.4 Å². The van der Waals surface area contributed by atoms with Crippen molar-refractivity contribution in [3.05, 3.63) is 59.7 Å². The van der Waals surface area contributed by atoms with Gasteiger partial charge in [0.15, 0.2) is 0 Å². The number of primary amides is 1. The molecular weight excluding hydrogens is 264 g/mol. The molecule has 0 aliphatic rings. The number of rotatable bonds is 6. The van der Waals surface area contributed by atoms with E-state index in [-0.39, 0.29) is 0 Å². The Balaban J connectivity index is 2.33. The van der Waals surface area contributed by atoms with Crippen LogP contribution in [0, 0.1) is 0 Å². The Bertz CT molecular complexity index is 626. The van der Waals surface area contributed by atoms with E-state index in [9.17, 15) is 4.79 Å². The molecule has 0 saturated heterocycles. The monoisotopic (exact) mass is 284 g/mol. The summed E-state index contributed by atoms with van der Waals surface area (Å²) in [5.74, 6) is 0.325. The van der Waals surface area contributed by atoms with E-state index < -0.39 is 11.9 Å². The maximum atomic E-state index is 11.9. The Morgan fingerprint density at radius 3 is 2.67 bits per heavy atom. The minimum Gasteiger partial charge on any atom is -0.497 e. The van der Waals surface area contributed by atoms with Gasteiger partial charge in [0, 0.05) is 11.8 Å². The Kier molecular flexibility index (Phi) is 4.82. The number of nitrogens with one attached hydrogen (secondary N) is 1. The molecular formula is C17H20N2O2. The molecule has 3 N–H and O–H groups in total. The number of aryl methyl sites for hydroxylation is 1. The highest BCUT2D eigenvalue weighted by molar-refractivity contribution is 5.85. The van der Waals surface area contributed by atoms with Crippen LogP contribution in [0.1, 0.15) is 24.1 Å². The molecule has 0 heterocycles. The summed E-state index contributed by atoms with van der Waals surface area (Å²) in [6, 6.07) is 14.7. The number of carbonyl (C=O) groups is 1. The highest BCUT2D eigenvalue weighted by atomic mass is 16.5. The van der Waals surface area contributed by atoms with Crippen molar-refractivity contribution < 1.29 is 9.53 Å². The van der Waals surface area contributed by atoms with Crippen LogP contribution in [0.2, 0.25) is 0 Å². The van der Waals surface area contributed by atoms with Gasteiger partial charge >= 0.3 is 0 Å². The van der Waals surface area contributed by atoms with Crippen LogP contribution in [0.25, 0.3) is 0 Å². The summed E-state index contributed by atoms with van der Waals surface area (Å²) in [5.41, 5.74) is 8.39. The number of anilines is 1. The SMILES string of the molecule is CCc1ccccc1C(Nc1cccc(OC)c1)C(N)=O. The summed E-state index contributed by atoms with van der Waals surface area (Å²) in [6.45, 7) is 2.06. The van der Waals surface area contributed by atoms with Crippen LogP contribution >= 0.6 is 0 Å². The molecule has 4 heteroatoms. The fourth-order valence-electron chi connectivity index (χ4n) is 2.32. The molecule has 4 nitrogen and oxygen atoms in total. The molecule has 0 aliphatic carbocycles. The van der Waals surface area contributed by atoms with E-state index in [1.807, 2.05) is 48.5 Å². The fraction of sp³-hybridized carbons (Fsp3) is 0.235. The third kappa shape index (κ3) is 3.54. The van der Waals surface area contributed by atoms with Crippen molar-refractivity contribution in [1.82, 2.24) is 0 Å². The minimum absolute atomic E-state index is 0.404. The number of benzene rings is 2. The molecule has 0 spiro atoms. The van der Waals surface area contributed by atoms with E-state index in [1.54, 1.807) is 7.11 Å². The average molecular weight is 284 g/mol. The van der Waals surface area contributed by atoms with Gasteiger partial charge in [0.1, 0.15) is 11.8 Å². The Morgan fingerprint density at radius 2 is 2.00 bits per heavy atom.